The maximum Gasteiger partial charge on any atom is 0.345 e. The largest absolute Gasteiger partial charge is 0.481 e. The standard InChI is InChI=1S/C10H10O5/c11-9(12)6-8(10(13)14)15-7-4-2-1-3-5-7/h1-5,8H,6H2,(H,11,12)(H,13,14). The van der Waals surface area contributed by atoms with E-state index in [9.17, 15) is 9.59 Å². The number of aliphatic carboxylic acids is 2. The lowest BCUT2D eigenvalue weighted by Gasteiger charge is -2.12. The summed E-state index contributed by atoms with van der Waals surface area (Å²) in [5, 5.41) is 17.2. The Bertz CT molecular complexity index is 346. The Morgan fingerprint density at radius 2 is 1.80 bits per heavy atom. The van der Waals surface area contributed by atoms with Crippen LogP contribution in [0.3, 0.4) is 0 Å². The van der Waals surface area contributed by atoms with E-state index in [1.807, 2.05) is 0 Å². The van der Waals surface area contributed by atoms with Crippen molar-refractivity contribution in [2.45, 2.75) is 12.5 Å². The fourth-order valence-electron chi connectivity index (χ4n) is 1.00. The van der Waals surface area contributed by atoms with E-state index in [1.165, 1.54) is 0 Å². The Balaban J connectivity index is 2.67. The van der Waals surface area contributed by atoms with Crippen LogP contribution in [0.4, 0.5) is 0 Å². The molecular weight excluding hydrogens is 200 g/mol. The lowest BCUT2D eigenvalue weighted by atomic mass is 10.2. The van der Waals surface area contributed by atoms with Gasteiger partial charge in [-0.05, 0) is 12.1 Å². The van der Waals surface area contributed by atoms with Crippen LogP contribution in [0.1, 0.15) is 6.42 Å². The van der Waals surface area contributed by atoms with Gasteiger partial charge in [0.2, 0.25) is 6.10 Å². The minimum absolute atomic E-state index is 0.339. The van der Waals surface area contributed by atoms with E-state index in [0.717, 1.165) is 0 Å². The SMILES string of the molecule is O=C(O)CC(Oc1ccccc1)C(=O)O. The predicted octanol–water partition coefficient (Wildman–Crippen LogP) is 0.993. The molecule has 5 nitrogen and oxygen atoms in total. The molecule has 0 aliphatic heterocycles. The Hall–Kier alpha value is -2.04. The number of carbonyl (C=O) groups is 2. The summed E-state index contributed by atoms with van der Waals surface area (Å²) in [4.78, 5) is 21.0. The van der Waals surface area contributed by atoms with E-state index < -0.39 is 24.5 Å². The van der Waals surface area contributed by atoms with Gasteiger partial charge >= 0.3 is 11.9 Å². The van der Waals surface area contributed by atoms with E-state index in [0.29, 0.717) is 5.75 Å². The molecule has 1 atom stereocenters. The first-order chi connectivity index (χ1) is 7.09. The van der Waals surface area contributed by atoms with Crippen molar-refractivity contribution >= 4 is 11.9 Å². The summed E-state index contributed by atoms with van der Waals surface area (Å²) in [7, 11) is 0. The zero-order valence-corrected chi connectivity index (χ0v) is 7.79. The highest BCUT2D eigenvalue weighted by atomic mass is 16.5. The molecular formula is C10H10O5. The highest BCUT2D eigenvalue weighted by Crippen LogP contribution is 2.12. The molecule has 0 aliphatic rings. The van der Waals surface area contributed by atoms with Crippen LogP contribution in [0.15, 0.2) is 30.3 Å². The maximum absolute atomic E-state index is 10.7. The summed E-state index contributed by atoms with van der Waals surface area (Å²) in [5.41, 5.74) is 0. The zero-order chi connectivity index (χ0) is 11.3. The van der Waals surface area contributed by atoms with Crippen LogP contribution < -0.4 is 4.74 Å². The van der Waals surface area contributed by atoms with Gasteiger partial charge in [0, 0.05) is 0 Å². The minimum atomic E-state index is -1.36. The number of hydrogen-bond acceptors (Lipinski definition) is 3. The lowest BCUT2D eigenvalue weighted by molar-refractivity contribution is -0.151. The van der Waals surface area contributed by atoms with Gasteiger partial charge in [-0.15, -0.1) is 0 Å². The number of para-hydroxylation sites is 1. The van der Waals surface area contributed by atoms with Gasteiger partial charge in [0.1, 0.15) is 5.75 Å². The van der Waals surface area contributed by atoms with Crippen LogP contribution in [-0.2, 0) is 9.59 Å². The molecule has 1 aromatic carbocycles. The Kier molecular flexibility index (Phi) is 3.68. The first-order valence-corrected chi connectivity index (χ1v) is 4.26. The minimum Gasteiger partial charge on any atom is -0.481 e. The van der Waals surface area contributed by atoms with Gasteiger partial charge in [0.25, 0.3) is 0 Å². The van der Waals surface area contributed by atoms with Crippen molar-refractivity contribution in [2.75, 3.05) is 0 Å². The molecule has 0 radical (unpaired) electrons. The second kappa shape index (κ2) is 4.99. The summed E-state index contributed by atoms with van der Waals surface area (Å²) in [5.74, 6) is -2.16. The first-order valence-electron chi connectivity index (χ1n) is 4.26. The first kappa shape index (κ1) is 11.0. The van der Waals surface area contributed by atoms with E-state index >= 15 is 0 Å². The van der Waals surface area contributed by atoms with Crippen LogP contribution in [0.2, 0.25) is 0 Å². The average molecular weight is 210 g/mol. The normalized spacial score (nSPS) is 11.7. The molecule has 0 bridgehead atoms. The quantitative estimate of drug-likeness (QED) is 0.757. The number of hydrogen-bond donors (Lipinski definition) is 2. The summed E-state index contributed by atoms with van der Waals surface area (Å²) < 4.78 is 5.01. The molecule has 80 valence electrons. The van der Waals surface area contributed by atoms with Gasteiger partial charge < -0.3 is 14.9 Å². The third-order valence-electron chi connectivity index (χ3n) is 1.66. The van der Waals surface area contributed by atoms with Crippen molar-refractivity contribution in [3.63, 3.8) is 0 Å². The number of benzene rings is 1. The van der Waals surface area contributed by atoms with Crippen molar-refractivity contribution in [1.29, 1.82) is 0 Å². The summed E-state index contributed by atoms with van der Waals surface area (Å²) in [6, 6.07) is 8.24. The van der Waals surface area contributed by atoms with Crippen molar-refractivity contribution in [2.24, 2.45) is 0 Å². The molecule has 0 saturated carbocycles. The van der Waals surface area contributed by atoms with Crippen molar-refractivity contribution in [1.82, 2.24) is 0 Å². The van der Waals surface area contributed by atoms with Gasteiger partial charge in [-0.25, -0.2) is 4.79 Å². The second-order valence-corrected chi connectivity index (χ2v) is 2.86. The van der Waals surface area contributed by atoms with Gasteiger partial charge in [-0.2, -0.15) is 0 Å². The lowest BCUT2D eigenvalue weighted by Crippen LogP contribution is -2.29. The molecule has 0 spiro atoms. The van der Waals surface area contributed by atoms with Gasteiger partial charge in [-0.3, -0.25) is 4.79 Å². The second-order valence-electron chi connectivity index (χ2n) is 2.86. The summed E-state index contributed by atoms with van der Waals surface area (Å²) in [6.07, 6.45) is -1.92. The molecule has 0 heterocycles. The third kappa shape index (κ3) is 3.68. The molecule has 0 aromatic heterocycles. The van der Waals surface area contributed by atoms with E-state index in [2.05, 4.69) is 0 Å². The van der Waals surface area contributed by atoms with Crippen LogP contribution in [-0.4, -0.2) is 28.3 Å². The Morgan fingerprint density at radius 3 is 2.27 bits per heavy atom. The Morgan fingerprint density at radius 1 is 1.20 bits per heavy atom. The molecule has 1 rings (SSSR count). The van der Waals surface area contributed by atoms with Gasteiger partial charge in [0.15, 0.2) is 0 Å². The Labute approximate surface area is 85.9 Å². The highest BCUT2D eigenvalue weighted by molar-refractivity contribution is 5.79. The summed E-state index contributed by atoms with van der Waals surface area (Å²) >= 11 is 0. The highest BCUT2D eigenvalue weighted by Gasteiger charge is 2.22. The van der Waals surface area contributed by atoms with Crippen LogP contribution in [0.5, 0.6) is 5.75 Å². The number of ether oxygens (including phenoxy) is 1. The number of rotatable bonds is 5. The van der Waals surface area contributed by atoms with Crippen LogP contribution >= 0.6 is 0 Å². The van der Waals surface area contributed by atoms with Crippen molar-refractivity contribution in [3.8, 4) is 5.75 Å². The summed E-state index contributed by atoms with van der Waals surface area (Å²) in [6.45, 7) is 0. The van der Waals surface area contributed by atoms with E-state index in [4.69, 9.17) is 14.9 Å². The molecule has 15 heavy (non-hydrogen) atoms. The van der Waals surface area contributed by atoms with E-state index in [-0.39, 0.29) is 0 Å². The molecule has 1 unspecified atom stereocenters. The molecule has 0 amide bonds. The monoisotopic (exact) mass is 210 g/mol. The average Bonchev–Trinajstić information content (AvgIpc) is 2.17. The predicted molar refractivity (Wildman–Crippen MR) is 50.7 cm³/mol. The van der Waals surface area contributed by atoms with Crippen molar-refractivity contribution < 1.29 is 24.5 Å². The number of carboxylic acids is 2. The molecule has 5 heteroatoms. The smallest absolute Gasteiger partial charge is 0.345 e. The maximum atomic E-state index is 10.7. The van der Waals surface area contributed by atoms with E-state index in [1.54, 1.807) is 30.3 Å². The van der Waals surface area contributed by atoms with Gasteiger partial charge in [0.05, 0.1) is 6.42 Å². The number of carboxylic acid groups (broad SMARTS) is 2. The molecule has 0 fully saturated rings. The molecule has 1 aromatic rings. The molecule has 2 N–H and O–H groups in total. The van der Waals surface area contributed by atoms with Gasteiger partial charge in [-0.1, -0.05) is 18.2 Å². The third-order valence-corrected chi connectivity index (χ3v) is 1.66. The topological polar surface area (TPSA) is 83.8 Å². The molecule has 0 aliphatic carbocycles. The molecule has 0 saturated heterocycles. The zero-order valence-electron chi connectivity index (χ0n) is 7.79. The van der Waals surface area contributed by atoms with Crippen LogP contribution in [0.25, 0.3) is 0 Å². The fourth-order valence-corrected chi connectivity index (χ4v) is 1.00. The van der Waals surface area contributed by atoms with Crippen molar-refractivity contribution in [3.05, 3.63) is 30.3 Å². The van der Waals surface area contributed by atoms with Crippen LogP contribution in [0, 0.1) is 0 Å². The fraction of sp³-hybridized carbons (Fsp3) is 0.200.